The summed E-state index contributed by atoms with van der Waals surface area (Å²) < 4.78 is 4.79. The highest BCUT2D eigenvalue weighted by Gasteiger charge is 2.11. The molecule has 0 atom stereocenters. The minimum Gasteiger partial charge on any atom is -0.463 e. The van der Waals surface area contributed by atoms with Gasteiger partial charge in [0.2, 0.25) is 0 Å². The predicted octanol–water partition coefficient (Wildman–Crippen LogP) is 4.06. The van der Waals surface area contributed by atoms with Crippen LogP contribution in [-0.2, 0) is 9.53 Å². The molecule has 27 heavy (non-hydrogen) atoms. The average molecular weight is 386 g/mol. The molecule has 2 rings (SSSR count). The minimum absolute atomic E-state index is 0.134. The van der Waals surface area contributed by atoms with Crippen LogP contribution >= 0.6 is 11.8 Å². The van der Waals surface area contributed by atoms with Gasteiger partial charge in [0.1, 0.15) is 0 Å². The number of thioether (sulfide) groups is 1. The van der Waals surface area contributed by atoms with Gasteiger partial charge in [0.15, 0.2) is 0 Å². The number of carbonyl (C=O) groups is 2. The molecule has 0 bridgehead atoms. The zero-order valence-corrected chi connectivity index (χ0v) is 15.4. The number of nitro groups is 1. The minimum atomic E-state index is -0.542. The zero-order chi connectivity index (χ0) is 19.6. The summed E-state index contributed by atoms with van der Waals surface area (Å²) in [6.07, 6.45) is 3.12. The lowest BCUT2D eigenvalue weighted by molar-refractivity contribution is -0.384. The Hall–Kier alpha value is -3.13. The Morgan fingerprint density at radius 3 is 2.63 bits per heavy atom. The first-order valence-electron chi connectivity index (χ1n) is 8.11. The summed E-state index contributed by atoms with van der Waals surface area (Å²) in [6.45, 7) is 2.10. The molecular formula is C19H18N2O5S. The lowest BCUT2D eigenvalue weighted by Crippen LogP contribution is -2.11. The van der Waals surface area contributed by atoms with Crippen LogP contribution in [0.4, 0.5) is 11.4 Å². The van der Waals surface area contributed by atoms with Gasteiger partial charge >= 0.3 is 5.97 Å². The molecule has 7 nitrogen and oxygen atoms in total. The van der Waals surface area contributed by atoms with Crippen molar-refractivity contribution < 1.29 is 19.2 Å². The second-order valence-electron chi connectivity index (χ2n) is 5.25. The number of amides is 1. The quantitative estimate of drug-likeness (QED) is 0.241. The number of ether oxygens (including phenoxy) is 1. The zero-order valence-electron chi connectivity index (χ0n) is 14.6. The van der Waals surface area contributed by atoms with Crippen molar-refractivity contribution in [2.75, 3.05) is 17.7 Å². The highest BCUT2D eigenvalue weighted by atomic mass is 32.2. The SMILES string of the molecule is CCOC(=O)/C=C/CSc1ccc(NC(=O)c2cccc([N+](=O)[O-])c2)cc1. The molecule has 0 heterocycles. The first-order valence-corrected chi connectivity index (χ1v) is 9.10. The Balaban J connectivity index is 1.90. The number of carbonyl (C=O) groups excluding carboxylic acids is 2. The van der Waals surface area contributed by atoms with Crippen LogP contribution in [0.15, 0.2) is 65.6 Å². The third-order valence-corrected chi connectivity index (χ3v) is 4.28. The molecule has 140 valence electrons. The normalized spacial score (nSPS) is 10.6. The van der Waals surface area contributed by atoms with Gasteiger partial charge in [-0.15, -0.1) is 11.8 Å². The average Bonchev–Trinajstić information content (AvgIpc) is 2.67. The molecule has 0 aliphatic carbocycles. The van der Waals surface area contributed by atoms with E-state index in [1.807, 2.05) is 12.1 Å². The number of nitrogens with one attached hydrogen (secondary N) is 1. The van der Waals surface area contributed by atoms with E-state index in [4.69, 9.17) is 4.74 Å². The standard InChI is InChI=1S/C19H18N2O5S/c1-2-26-18(22)7-4-12-27-17-10-8-15(9-11-17)20-19(23)14-5-3-6-16(13-14)21(24)25/h3-11,13H,2,12H2,1H3,(H,20,23)/b7-4+. The number of benzene rings is 2. The molecule has 0 aliphatic heterocycles. The molecule has 0 aliphatic rings. The maximum atomic E-state index is 12.2. The number of hydrogen-bond acceptors (Lipinski definition) is 6. The topological polar surface area (TPSA) is 98.5 Å². The summed E-state index contributed by atoms with van der Waals surface area (Å²) in [5.74, 6) is -0.174. The van der Waals surface area contributed by atoms with Gasteiger partial charge in [0.05, 0.1) is 11.5 Å². The summed E-state index contributed by atoms with van der Waals surface area (Å²) in [6, 6.07) is 12.7. The van der Waals surface area contributed by atoms with Crippen molar-refractivity contribution in [3.63, 3.8) is 0 Å². The van der Waals surface area contributed by atoms with Crippen molar-refractivity contribution in [2.24, 2.45) is 0 Å². The maximum Gasteiger partial charge on any atom is 0.330 e. The van der Waals surface area contributed by atoms with E-state index in [2.05, 4.69) is 5.32 Å². The molecule has 1 N–H and O–H groups in total. The molecule has 0 unspecified atom stereocenters. The van der Waals surface area contributed by atoms with Crippen LogP contribution in [0.3, 0.4) is 0 Å². The smallest absolute Gasteiger partial charge is 0.330 e. The van der Waals surface area contributed by atoms with Crippen LogP contribution in [0.1, 0.15) is 17.3 Å². The maximum absolute atomic E-state index is 12.2. The number of non-ortho nitro benzene ring substituents is 1. The highest BCUT2D eigenvalue weighted by Crippen LogP contribution is 2.21. The van der Waals surface area contributed by atoms with Crippen LogP contribution in [0.2, 0.25) is 0 Å². The molecule has 0 radical (unpaired) electrons. The molecule has 0 spiro atoms. The highest BCUT2D eigenvalue weighted by molar-refractivity contribution is 7.99. The molecule has 1 amide bonds. The van der Waals surface area contributed by atoms with Gasteiger partial charge in [-0.05, 0) is 37.3 Å². The number of nitro benzene ring substituents is 1. The summed E-state index contributed by atoms with van der Waals surface area (Å²) in [5, 5.41) is 13.5. The van der Waals surface area contributed by atoms with Gasteiger partial charge in [-0.2, -0.15) is 0 Å². The Morgan fingerprint density at radius 2 is 1.96 bits per heavy atom. The van der Waals surface area contributed by atoms with Crippen molar-refractivity contribution in [1.82, 2.24) is 0 Å². The van der Waals surface area contributed by atoms with E-state index in [9.17, 15) is 19.7 Å². The first kappa shape index (κ1) is 20.2. The fraction of sp³-hybridized carbons (Fsp3) is 0.158. The summed E-state index contributed by atoms with van der Waals surface area (Å²) in [7, 11) is 0. The van der Waals surface area contributed by atoms with Gasteiger partial charge in [0, 0.05) is 40.1 Å². The molecule has 0 saturated heterocycles. The van der Waals surface area contributed by atoms with Gasteiger partial charge in [-0.1, -0.05) is 12.1 Å². The van der Waals surface area contributed by atoms with Crippen LogP contribution in [-0.4, -0.2) is 29.2 Å². The van der Waals surface area contributed by atoms with Crippen LogP contribution in [0.25, 0.3) is 0 Å². The summed E-state index contributed by atoms with van der Waals surface area (Å²) in [5.41, 5.74) is 0.662. The molecule has 8 heteroatoms. The Morgan fingerprint density at radius 1 is 1.22 bits per heavy atom. The van der Waals surface area contributed by atoms with Crippen molar-refractivity contribution in [1.29, 1.82) is 0 Å². The van der Waals surface area contributed by atoms with E-state index in [1.165, 1.54) is 42.1 Å². The van der Waals surface area contributed by atoms with Crippen molar-refractivity contribution in [3.8, 4) is 0 Å². The third-order valence-electron chi connectivity index (χ3n) is 3.32. The summed E-state index contributed by atoms with van der Waals surface area (Å²) in [4.78, 5) is 34.6. The first-order chi connectivity index (χ1) is 13.0. The largest absolute Gasteiger partial charge is 0.463 e. The molecule has 0 fully saturated rings. The van der Waals surface area contributed by atoms with Crippen molar-refractivity contribution >= 4 is 35.0 Å². The number of hydrogen-bond donors (Lipinski definition) is 1. The van der Waals surface area contributed by atoms with Crippen LogP contribution in [0, 0.1) is 10.1 Å². The monoisotopic (exact) mass is 386 g/mol. The third kappa shape index (κ3) is 6.59. The van der Waals surface area contributed by atoms with Gasteiger partial charge in [0.25, 0.3) is 11.6 Å². The molecular weight excluding hydrogens is 368 g/mol. The van der Waals surface area contributed by atoms with Gasteiger partial charge in [-0.3, -0.25) is 14.9 Å². The molecule has 0 saturated carbocycles. The Labute approximate surface area is 160 Å². The number of esters is 1. The van der Waals surface area contributed by atoms with Crippen molar-refractivity contribution in [3.05, 3.63) is 76.4 Å². The Bertz CT molecular complexity index is 849. The van der Waals surface area contributed by atoms with Crippen LogP contribution in [0.5, 0.6) is 0 Å². The van der Waals surface area contributed by atoms with E-state index in [1.54, 1.807) is 25.1 Å². The van der Waals surface area contributed by atoms with E-state index < -0.39 is 10.8 Å². The van der Waals surface area contributed by atoms with Gasteiger partial charge in [-0.25, -0.2) is 4.79 Å². The van der Waals surface area contributed by atoms with Gasteiger partial charge < -0.3 is 10.1 Å². The predicted molar refractivity (Wildman–Crippen MR) is 104 cm³/mol. The lowest BCUT2D eigenvalue weighted by Gasteiger charge is -2.06. The molecule has 2 aromatic rings. The fourth-order valence-electron chi connectivity index (χ4n) is 2.08. The second-order valence-corrected chi connectivity index (χ2v) is 6.34. The van der Waals surface area contributed by atoms with E-state index in [0.29, 0.717) is 18.0 Å². The van der Waals surface area contributed by atoms with Crippen LogP contribution < -0.4 is 5.32 Å². The number of anilines is 1. The lowest BCUT2D eigenvalue weighted by atomic mass is 10.2. The summed E-state index contributed by atoms with van der Waals surface area (Å²) >= 11 is 1.53. The van der Waals surface area contributed by atoms with Crippen molar-refractivity contribution in [2.45, 2.75) is 11.8 Å². The van der Waals surface area contributed by atoms with E-state index in [0.717, 1.165) is 4.90 Å². The number of nitrogens with zero attached hydrogens (tertiary/aromatic N) is 1. The van der Waals surface area contributed by atoms with E-state index >= 15 is 0 Å². The fourth-order valence-corrected chi connectivity index (χ4v) is 2.79. The number of rotatable bonds is 8. The van der Waals surface area contributed by atoms with E-state index in [-0.39, 0.29) is 17.2 Å². The Kier molecular flexibility index (Phi) is 7.57. The molecule has 0 aromatic heterocycles. The second kappa shape index (κ2) is 10.1. The molecule has 2 aromatic carbocycles.